The van der Waals surface area contributed by atoms with Crippen molar-refractivity contribution in [3.8, 4) is 0 Å². The van der Waals surface area contributed by atoms with Crippen molar-refractivity contribution in [1.29, 1.82) is 0 Å². The summed E-state index contributed by atoms with van der Waals surface area (Å²) >= 11 is 9.14. The first-order chi connectivity index (χ1) is 6.50. The van der Waals surface area contributed by atoms with Gasteiger partial charge in [-0.1, -0.05) is 47.4 Å². The van der Waals surface area contributed by atoms with Gasteiger partial charge in [0.1, 0.15) is 5.82 Å². The van der Waals surface area contributed by atoms with Crippen LogP contribution >= 0.6 is 27.5 Å². The summed E-state index contributed by atoms with van der Waals surface area (Å²) in [4.78, 5) is 0.396. The number of halogens is 3. The molecular formula is C11H13BrClF. The molecule has 0 fully saturated rings. The van der Waals surface area contributed by atoms with Crippen molar-refractivity contribution >= 4 is 27.5 Å². The summed E-state index contributed by atoms with van der Waals surface area (Å²) in [5.74, 6) is -0.000193. The number of benzene rings is 1. The van der Waals surface area contributed by atoms with E-state index in [1.807, 2.05) is 6.92 Å². The predicted molar refractivity (Wildman–Crippen MR) is 62.8 cm³/mol. The average molecular weight is 280 g/mol. The molecule has 0 nitrogen and oxygen atoms in total. The molecule has 0 heterocycles. The highest BCUT2D eigenvalue weighted by Gasteiger charge is 2.13. The molecule has 1 aromatic carbocycles. The summed E-state index contributed by atoms with van der Waals surface area (Å²) in [5, 5.41) is 0.449. The molecule has 0 aliphatic carbocycles. The Labute approximate surface area is 97.6 Å². The Kier molecular flexibility index (Phi) is 4.39. The van der Waals surface area contributed by atoms with Crippen LogP contribution in [-0.4, -0.2) is 4.83 Å². The van der Waals surface area contributed by atoms with E-state index in [1.54, 1.807) is 12.1 Å². The molecule has 0 aliphatic heterocycles. The summed E-state index contributed by atoms with van der Waals surface area (Å²) in [6, 6.07) is 4.86. The SMILES string of the molecule is CC(Br)CC(C)c1ccc(Cl)cc1F. The largest absolute Gasteiger partial charge is 0.207 e. The normalized spacial score (nSPS) is 15.2. The van der Waals surface area contributed by atoms with Crippen LogP contribution in [0.5, 0.6) is 0 Å². The zero-order valence-electron chi connectivity index (χ0n) is 8.23. The maximum Gasteiger partial charge on any atom is 0.128 e. The molecule has 0 amide bonds. The van der Waals surface area contributed by atoms with Crippen molar-refractivity contribution in [1.82, 2.24) is 0 Å². The van der Waals surface area contributed by atoms with Crippen LogP contribution in [0.15, 0.2) is 18.2 Å². The Morgan fingerprint density at radius 1 is 1.43 bits per heavy atom. The van der Waals surface area contributed by atoms with Crippen molar-refractivity contribution in [2.75, 3.05) is 0 Å². The molecule has 2 atom stereocenters. The first kappa shape index (κ1) is 12.0. The van der Waals surface area contributed by atoms with Crippen molar-refractivity contribution in [2.24, 2.45) is 0 Å². The molecule has 78 valence electrons. The van der Waals surface area contributed by atoms with Crippen LogP contribution in [0.3, 0.4) is 0 Å². The van der Waals surface area contributed by atoms with Crippen molar-refractivity contribution in [3.63, 3.8) is 0 Å². The third kappa shape index (κ3) is 3.25. The smallest absolute Gasteiger partial charge is 0.128 e. The highest BCUT2D eigenvalue weighted by Crippen LogP contribution is 2.27. The Morgan fingerprint density at radius 2 is 2.07 bits per heavy atom. The maximum absolute atomic E-state index is 13.5. The molecule has 0 aromatic heterocycles. The van der Waals surface area contributed by atoms with Gasteiger partial charge in [0.25, 0.3) is 0 Å². The van der Waals surface area contributed by atoms with Gasteiger partial charge in [-0.2, -0.15) is 0 Å². The van der Waals surface area contributed by atoms with Gasteiger partial charge in [0.05, 0.1) is 0 Å². The van der Waals surface area contributed by atoms with Gasteiger partial charge in [-0.3, -0.25) is 0 Å². The van der Waals surface area contributed by atoms with Gasteiger partial charge in [-0.25, -0.2) is 4.39 Å². The highest BCUT2D eigenvalue weighted by atomic mass is 79.9. The lowest BCUT2D eigenvalue weighted by Gasteiger charge is -2.14. The van der Waals surface area contributed by atoms with Crippen LogP contribution in [0.1, 0.15) is 31.7 Å². The lowest BCUT2D eigenvalue weighted by atomic mass is 9.96. The number of alkyl halides is 1. The van der Waals surface area contributed by atoms with Gasteiger partial charge in [0.2, 0.25) is 0 Å². The minimum atomic E-state index is -0.210. The molecule has 0 saturated heterocycles. The van der Waals surface area contributed by atoms with E-state index >= 15 is 0 Å². The fraction of sp³-hybridized carbons (Fsp3) is 0.455. The molecule has 0 N–H and O–H groups in total. The van der Waals surface area contributed by atoms with Gasteiger partial charge in [-0.15, -0.1) is 0 Å². The highest BCUT2D eigenvalue weighted by molar-refractivity contribution is 9.09. The van der Waals surface area contributed by atoms with E-state index in [0.29, 0.717) is 9.85 Å². The van der Waals surface area contributed by atoms with E-state index in [0.717, 1.165) is 12.0 Å². The third-order valence-electron chi connectivity index (χ3n) is 2.17. The van der Waals surface area contributed by atoms with Gasteiger partial charge >= 0.3 is 0 Å². The van der Waals surface area contributed by atoms with Crippen LogP contribution in [-0.2, 0) is 0 Å². The number of hydrogen-bond donors (Lipinski definition) is 0. The Balaban J connectivity index is 2.84. The van der Waals surface area contributed by atoms with Crippen molar-refractivity contribution in [3.05, 3.63) is 34.6 Å². The fourth-order valence-corrected chi connectivity index (χ4v) is 2.23. The zero-order valence-corrected chi connectivity index (χ0v) is 10.6. The minimum Gasteiger partial charge on any atom is -0.207 e. The number of hydrogen-bond acceptors (Lipinski definition) is 0. The van der Waals surface area contributed by atoms with Crippen LogP contribution in [0.25, 0.3) is 0 Å². The van der Waals surface area contributed by atoms with E-state index in [2.05, 4.69) is 22.9 Å². The van der Waals surface area contributed by atoms with Crippen LogP contribution in [0.2, 0.25) is 5.02 Å². The minimum absolute atomic E-state index is 0.210. The molecule has 3 heteroatoms. The van der Waals surface area contributed by atoms with E-state index in [-0.39, 0.29) is 11.7 Å². The van der Waals surface area contributed by atoms with E-state index in [9.17, 15) is 4.39 Å². The Morgan fingerprint density at radius 3 is 2.57 bits per heavy atom. The van der Waals surface area contributed by atoms with E-state index in [1.165, 1.54) is 6.07 Å². The first-order valence-electron chi connectivity index (χ1n) is 4.59. The molecule has 0 saturated carbocycles. The number of rotatable bonds is 3. The van der Waals surface area contributed by atoms with Crippen LogP contribution in [0.4, 0.5) is 4.39 Å². The van der Waals surface area contributed by atoms with Crippen molar-refractivity contribution < 1.29 is 4.39 Å². The van der Waals surface area contributed by atoms with Gasteiger partial charge in [-0.05, 0) is 30.0 Å². The second-order valence-corrected chi connectivity index (χ2v) is 5.58. The molecule has 1 aromatic rings. The molecule has 0 radical (unpaired) electrons. The second kappa shape index (κ2) is 5.13. The van der Waals surface area contributed by atoms with E-state index in [4.69, 9.17) is 11.6 Å². The van der Waals surface area contributed by atoms with Gasteiger partial charge < -0.3 is 0 Å². The quantitative estimate of drug-likeness (QED) is 0.700. The molecule has 14 heavy (non-hydrogen) atoms. The Hall–Kier alpha value is -0.0800. The fourth-order valence-electron chi connectivity index (χ4n) is 1.52. The third-order valence-corrected chi connectivity index (χ3v) is 2.78. The summed E-state index contributed by atoms with van der Waals surface area (Å²) in [6.45, 7) is 4.08. The first-order valence-corrected chi connectivity index (χ1v) is 5.89. The van der Waals surface area contributed by atoms with E-state index < -0.39 is 0 Å². The summed E-state index contributed by atoms with van der Waals surface area (Å²) in [5.41, 5.74) is 0.737. The summed E-state index contributed by atoms with van der Waals surface area (Å²) in [6.07, 6.45) is 0.915. The van der Waals surface area contributed by atoms with Crippen LogP contribution in [0, 0.1) is 5.82 Å². The van der Waals surface area contributed by atoms with Crippen LogP contribution < -0.4 is 0 Å². The summed E-state index contributed by atoms with van der Waals surface area (Å²) in [7, 11) is 0. The lowest BCUT2D eigenvalue weighted by Crippen LogP contribution is -2.02. The maximum atomic E-state index is 13.5. The predicted octanol–water partition coefficient (Wildman–Crippen LogP) is 4.76. The topological polar surface area (TPSA) is 0 Å². The molecule has 1 rings (SSSR count). The second-order valence-electron chi connectivity index (χ2n) is 3.58. The molecule has 0 bridgehead atoms. The standard InChI is InChI=1S/C11H13BrClF/c1-7(5-8(2)12)10-4-3-9(13)6-11(10)14/h3-4,6-8H,5H2,1-2H3. The Bertz CT molecular complexity index is 312. The lowest BCUT2D eigenvalue weighted by molar-refractivity contribution is 0.575. The molecular weight excluding hydrogens is 266 g/mol. The molecule has 2 unspecified atom stereocenters. The van der Waals surface area contributed by atoms with Gasteiger partial charge in [0, 0.05) is 9.85 Å². The average Bonchev–Trinajstić information content (AvgIpc) is 2.01. The zero-order chi connectivity index (χ0) is 10.7. The molecule has 0 spiro atoms. The molecule has 0 aliphatic rings. The monoisotopic (exact) mass is 278 g/mol. The van der Waals surface area contributed by atoms with Gasteiger partial charge in [0.15, 0.2) is 0 Å². The summed E-state index contributed by atoms with van der Waals surface area (Å²) < 4.78 is 13.5. The van der Waals surface area contributed by atoms with Crippen molar-refractivity contribution in [2.45, 2.75) is 31.0 Å².